The van der Waals surface area contributed by atoms with Crippen molar-refractivity contribution in [1.82, 2.24) is 9.80 Å². The molecule has 0 spiro atoms. The van der Waals surface area contributed by atoms with Crippen molar-refractivity contribution in [3.8, 4) is 0 Å². The number of hydrogen-bond donors (Lipinski definition) is 0. The Kier molecular flexibility index (Phi) is 19.7. The molecule has 0 aliphatic carbocycles. The number of carbonyl (C=O) groups excluding carboxylic acids is 2. The highest BCUT2D eigenvalue weighted by Gasteiger charge is 2.27. The van der Waals surface area contributed by atoms with E-state index in [-0.39, 0.29) is 17.7 Å². The molecule has 0 saturated heterocycles. The van der Waals surface area contributed by atoms with E-state index in [1.165, 1.54) is 0 Å². The summed E-state index contributed by atoms with van der Waals surface area (Å²) in [6.45, 7) is 14.0. The van der Waals surface area contributed by atoms with Gasteiger partial charge in [-0.2, -0.15) is 0 Å². The maximum Gasteiger partial charge on any atom is 0.226 e. The molecule has 0 saturated carbocycles. The highest BCUT2D eigenvalue weighted by atomic mass is 16.2. The third-order valence-corrected chi connectivity index (χ3v) is 5.97. The zero-order valence-corrected chi connectivity index (χ0v) is 21.5. The third-order valence-electron chi connectivity index (χ3n) is 5.97. The standard InChI is InChI=1S/C27H52N2O2/c1-6-11-16-17-18-19-25(27(31)29(22-14-9-4)23-15-10-5)24-26(30)28(20-12-7-2)21-13-8-3/h6,11,25H,7-10,12-24H2,1-5H3/b11-6+. The van der Waals surface area contributed by atoms with E-state index in [0.29, 0.717) is 6.42 Å². The van der Waals surface area contributed by atoms with E-state index >= 15 is 0 Å². The van der Waals surface area contributed by atoms with Gasteiger partial charge in [-0.25, -0.2) is 0 Å². The largest absolute Gasteiger partial charge is 0.343 e. The van der Waals surface area contributed by atoms with Crippen LogP contribution in [0.15, 0.2) is 12.2 Å². The molecule has 2 amide bonds. The summed E-state index contributed by atoms with van der Waals surface area (Å²) < 4.78 is 0. The highest BCUT2D eigenvalue weighted by Crippen LogP contribution is 2.20. The van der Waals surface area contributed by atoms with E-state index in [0.717, 1.165) is 103 Å². The van der Waals surface area contributed by atoms with Crippen LogP contribution < -0.4 is 0 Å². The Labute approximate surface area is 193 Å². The van der Waals surface area contributed by atoms with E-state index < -0.39 is 0 Å². The fourth-order valence-electron chi connectivity index (χ4n) is 3.82. The van der Waals surface area contributed by atoms with E-state index in [4.69, 9.17) is 0 Å². The molecule has 0 radical (unpaired) electrons. The molecule has 0 fully saturated rings. The SMILES string of the molecule is C/C=C/CCCCC(CC(=O)N(CCCC)CCCC)C(=O)N(CCCC)CCCC. The average Bonchev–Trinajstić information content (AvgIpc) is 2.77. The van der Waals surface area contributed by atoms with Gasteiger partial charge < -0.3 is 9.80 Å². The van der Waals surface area contributed by atoms with Gasteiger partial charge >= 0.3 is 0 Å². The molecule has 0 aromatic heterocycles. The minimum atomic E-state index is -0.169. The molecule has 4 heteroatoms. The molecule has 0 aliphatic heterocycles. The van der Waals surface area contributed by atoms with Crippen LogP contribution in [0.2, 0.25) is 0 Å². The van der Waals surface area contributed by atoms with Crippen molar-refractivity contribution in [2.24, 2.45) is 5.92 Å². The van der Waals surface area contributed by atoms with Gasteiger partial charge in [0.05, 0.1) is 0 Å². The van der Waals surface area contributed by atoms with Crippen molar-refractivity contribution < 1.29 is 9.59 Å². The van der Waals surface area contributed by atoms with E-state index in [2.05, 4.69) is 44.7 Å². The van der Waals surface area contributed by atoms with Crippen molar-refractivity contribution >= 4 is 11.8 Å². The number of nitrogens with zero attached hydrogens (tertiary/aromatic N) is 2. The van der Waals surface area contributed by atoms with Crippen LogP contribution in [0.25, 0.3) is 0 Å². The fraction of sp³-hybridized carbons (Fsp3) is 0.852. The Morgan fingerprint density at radius 1 is 0.710 bits per heavy atom. The Hall–Kier alpha value is -1.32. The molecule has 0 heterocycles. The van der Waals surface area contributed by atoms with E-state index in [1.54, 1.807) is 0 Å². The summed E-state index contributed by atoms with van der Waals surface area (Å²) in [5, 5.41) is 0. The quantitative estimate of drug-likeness (QED) is 0.152. The molecule has 1 unspecified atom stereocenters. The summed E-state index contributed by atoms with van der Waals surface area (Å²) in [4.78, 5) is 30.8. The molecular formula is C27H52N2O2. The van der Waals surface area contributed by atoms with Gasteiger partial charge in [-0.05, 0) is 51.9 Å². The lowest BCUT2D eigenvalue weighted by Gasteiger charge is -2.29. The first-order valence-electron chi connectivity index (χ1n) is 13.2. The first-order chi connectivity index (χ1) is 15.0. The summed E-state index contributed by atoms with van der Waals surface area (Å²) in [6.07, 6.45) is 17.1. The number of amides is 2. The van der Waals surface area contributed by atoms with E-state index in [9.17, 15) is 9.59 Å². The van der Waals surface area contributed by atoms with Gasteiger partial charge in [-0.15, -0.1) is 0 Å². The number of unbranched alkanes of at least 4 members (excludes halogenated alkanes) is 6. The Balaban J connectivity index is 5.27. The Morgan fingerprint density at radius 2 is 1.19 bits per heavy atom. The summed E-state index contributed by atoms with van der Waals surface area (Å²) >= 11 is 0. The van der Waals surface area contributed by atoms with Crippen LogP contribution in [0.4, 0.5) is 0 Å². The second-order valence-corrected chi connectivity index (χ2v) is 8.87. The molecule has 0 bridgehead atoms. The molecule has 0 aliphatic rings. The second kappa shape index (κ2) is 20.6. The molecule has 31 heavy (non-hydrogen) atoms. The van der Waals surface area contributed by atoms with Crippen molar-refractivity contribution in [3.05, 3.63) is 12.2 Å². The number of allylic oxidation sites excluding steroid dienone is 2. The fourth-order valence-corrected chi connectivity index (χ4v) is 3.82. The lowest BCUT2D eigenvalue weighted by atomic mass is 9.94. The van der Waals surface area contributed by atoms with Crippen LogP contribution in [-0.2, 0) is 9.59 Å². The maximum absolute atomic E-state index is 13.5. The lowest BCUT2D eigenvalue weighted by molar-refractivity contribution is -0.142. The monoisotopic (exact) mass is 436 g/mol. The van der Waals surface area contributed by atoms with E-state index in [1.807, 2.05) is 11.8 Å². The van der Waals surface area contributed by atoms with Crippen molar-refractivity contribution in [2.75, 3.05) is 26.2 Å². The molecule has 0 rings (SSSR count). The van der Waals surface area contributed by atoms with Crippen LogP contribution in [0.5, 0.6) is 0 Å². The van der Waals surface area contributed by atoms with Gasteiger partial charge in [0, 0.05) is 38.5 Å². The zero-order chi connectivity index (χ0) is 23.3. The molecule has 0 N–H and O–H groups in total. The summed E-state index contributed by atoms with van der Waals surface area (Å²) in [5.41, 5.74) is 0. The van der Waals surface area contributed by atoms with Gasteiger partial charge in [0.25, 0.3) is 0 Å². The molecule has 4 nitrogen and oxygen atoms in total. The molecule has 0 aromatic carbocycles. The van der Waals surface area contributed by atoms with Crippen molar-refractivity contribution in [2.45, 2.75) is 118 Å². The zero-order valence-electron chi connectivity index (χ0n) is 21.5. The summed E-state index contributed by atoms with van der Waals surface area (Å²) in [5.74, 6) is 0.226. The topological polar surface area (TPSA) is 40.6 Å². The summed E-state index contributed by atoms with van der Waals surface area (Å²) in [7, 11) is 0. The van der Waals surface area contributed by atoms with Crippen LogP contribution in [0, 0.1) is 5.92 Å². The van der Waals surface area contributed by atoms with Gasteiger partial charge in [-0.1, -0.05) is 72.0 Å². The Morgan fingerprint density at radius 3 is 1.65 bits per heavy atom. The van der Waals surface area contributed by atoms with Gasteiger partial charge in [0.15, 0.2) is 0 Å². The second-order valence-electron chi connectivity index (χ2n) is 8.87. The van der Waals surface area contributed by atoms with Gasteiger partial charge in [0.1, 0.15) is 0 Å². The minimum absolute atomic E-state index is 0.169. The molecule has 1 atom stereocenters. The maximum atomic E-state index is 13.5. The number of rotatable bonds is 20. The minimum Gasteiger partial charge on any atom is -0.343 e. The highest BCUT2D eigenvalue weighted by molar-refractivity contribution is 5.86. The third kappa shape index (κ3) is 14.4. The van der Waals surface area contributed by atoms with Crippen molar-refractivity contribution in [1.29, 1.82) is 0 Å². The first kappa shape index (κ1) is 29.7. The average molecular weight is 437 g/mol. The van der Waals surface area contributed by atoms with Gasteiger partial charge in [-0.3, -0.25) is 9.59 Å². The number of hydrogen-bond acceptors (Lipinski definition) is 2. The molecule has 0 aromatic rings. The van der Waals surface area contributed by atoms with Gasteiger partial charge in [0.2, 0.25) is 11.8 Å². The summed E-state index contributed by atoms with van der Waals surface area (Å²) in [6, 6.07) is 0. The van der Waals surface area contributed by atoms with Crippen LogP contribution >= 0.6 is 0 Å². The first-order valence-corrected chi connectivity index (χ1v) is 13.2. The smallest absolute Gasteiger partial charge is 0.226 e. The molecule has 182 valence electrons. The predicted molar refractivity (Wildman–Crippen MR) is 134 cm³/mol. The normalized spacial score (nSPS) is 12.3. The van der Waals surface area contributed by atoms with Crippen LogP contribution in [-0.4, -0.2) is 47.8 Å². The predicted octanol–water partition coefficient (Wildman–Crippen LogP) is 6.99. The van der Waals surface area contributed by atoms with Crippen LogP contribution in [0.3, 0.4) is 0 Å². The molecular weight excluding hydrogens is 384 g/mol. The van der Waals surface area contributed by atoms with Crippen molar-refractivity contribution in [3.63, 3.8) is 0 Å². The number of carbonyl (C=O) groups is 2. The van der Waals surface area contributed by atoms with Crippen LogP contribution in [0.1, 0.15) is 118 Å². The Bertz CT molecular complexity index is 460. The lowest BCUT2D eigenvalue weighted by Crippen LogP contribution is -2.41.